The van der Waals surface area contributed by atoms with Gasteiger partial charge < -0.3 is 10.8 Å². The molecule has 66 valence electrons. The van der Waals surface area contributed by atoms with Crippen molar-refractivity contribution >= 4 is 22.6 Å². The summed E-state index contributed by atoms with van der Waals surface area (Å²) in [5.41, 5.74) is 6.71. The number of hydrogen-bond donors (Lipinski definition) is 2. The normalized spacial score (nSPS) is 15.7. The summed E-state index contributed by atoms with van der Waals surface area (Å²) < 4.78 is 1.18. The van der Waals surface area contributed by atoms with E-state index >= 15 is 0 Å². The van der Waals surface area contributed by atoms with Gasteiger partial charge in [0.05, 0.1) is 12.1 Å². The SMILES string of the molecule is CC(O)C(N)c1ccc(I)cc1. The summed E-state index contributed by atoms with van der Waals surface area (Å²) in [7, 11) is 0. The van der Waals surface area contributed by atoms with Crippen molar-refractivity contribution in [1.82, 2.24) is 0 Å². The number of aliphatic hydroxyl groups is 1. The Morgan fingerprint density at radius 2 is 1.83 bits per heavy atom. The zero-order valence-corrected chi connectivity index (χ0v) is 9.02. The average Bonchev–Trinajstić information content (AvgIpc) is 2.04. The van der Waals surface area contributed by atoms with Gasteiger partial charge in [-0.2, -0.15) is 0 Å². The van der Waals surface area contributed by atoms with E-state index in [0.29, 0.717) is 0 Å². The van der Waals surface area contributed by atoms with E-state index in [1.54, 1.807) is 6.92 Å². The van der Waals surface area contributed by atoms with Crippen LogP contribution in [-0.4, -0.2) is 11.2 Å². The van der Waals surface area contributed by atoms with Crippen molar-refractivity contribution in [2.24, 2.45) is 5.73 Å². The van der Waals surface area contributed by atoms with Gasteiger partial charge in [-0.05, 0) is 47.2 Å². The van der Waals surface area contributed by atoms with E-state index < -0.39 is 6.10 Å². The molecule has 3 N–H and O–H groups in total. The Morgan fingerprint density at radius 3 is 2.25 bits per heavy atom. The first kappa shape index (κ1) is 9.95. The summed E-state index contributed by atoms with van der Waals surface area (Å²) in [6.45, 7) is 1.70. The first-order valence-electron chi connectivity index (χ1n) is 3.80. The molecule has 0 aliphatic carbocycles. The van der Waals surface area contributed by atoms with Gasteiger partial charge in [-0.1, -0.05) is 12.1 Å². The number of aliphatic hydroxyl groups excluding tert-OH is 1. The summed E-state index contributed by atoms with van der Waals surface area (Å²) in [6.07, 6.45) is -0.495. The van der Waals surface area contributed by atoms with E-state index in [2.05, 4.69) is 22.6 Å². The molecule has 1 aromatic rings. The van der Waals surface area contributed by atoms with E-state index in [1.807, 2.05) is 24.3 Å². The monoisotopic (exact) mass is 277 g/mol. The second kappa shape index (κ2) is 4.20. The molecule has 0 aromatic heterocycles. The van der Waals surface area contributed by atoms with Crippen LogP contribution in [0.25, 0.3) is 0 Å². The molecule has 2 atom stereocenters. The highest BCUT2D eigenvalue weighted by Crippen LogP contribution is 2.15. The van der Waals surface area contributed by atoms with Crippen LogP contribution in [0.1, 0.15) is 18.5 Å². The zero-order valence-electron chi connectivity index (χ0n) is 6.87. The van der Waals surface area contributed by atoms with Crippen molar-refractivity contribution < 1.29 is 5.11 Å². The molecular formula is C9H12INO. The average molecular weight is 277 g/mol. The quantitative estimate of drug-likeness (QED) is 0.808. The number of hydrogen-bond acceptors (Lipinski definition) is 2. The Bertz CT molecular complexity index is 245. The van der Waals surface area contributed by atoms with E-state index in [9.17, 15) is 5.11 Å². The Labute approximate surface area is 85.9 Å². The van der Waals surface area contributed by atoms with Crippen LogP contribution in [0.15, 0.2) is 24.3 Å². The summed E-state index contributed by atoms with van der Waals surface area (Å²) in [6, 6.07) is 7.58. The molecular weight excluding hydrogens is 265 g/mol. The fourth-order valence-corrected chi connectivity index (χ4v) is 1.32. The molecule has 0 radical (unpaired) electrons. The highest BCUT2D eigenvalue weighted by atomic mass is 127. The van der Waals surface area contributed by atoms with Crippen molar-refractivity contribution in [3.8, 4) is 0 Å². The van der Waals surface area contributed by atoms with Gasteiger partial charge in [-0.3, -0.25) is 0 Å². The molecule has 0 amide bonds. The van der Waals surface area contributed by atoms with E-state index in [1.165, 1.54) is 3.57 Å². The minimum Gasteiger partial charge on any atom is -0.391 e. The Kier molecular flexibility index (Phi) is 3.49. The molecule has 2 nitrogen and oxygen atoms in total. The van der Waals surface area contributed by atoms with E-state index in [0.717, 1.165) is 5.56 Å². The van der Waals surface area contributed by atoms with Gasteiger partial charge in [0.25, 0.3) is 0 Å². The topological polar surface area (TPSA) is 46.2 Å². The Morgan fingerprint density at radius 1 is 1.33 bits per heavy atom. The molecule has 12 heavy (non-hydrogen) atoms. The molecule has 1 rings (SSSR count). The van der Waals surface area contributed by atoms with Crippen LogP contribution in [0.3, 0.4) is 0 Å². The van der Waals surface area contributed by atoms with Crippen LogP contribution in [0.4, 0.5) is 0 Å². The van der Waals surface area contributed by atoms with E-state index in [4.69, 9.17) is 5.73 Å². The largest absolute Gasteiger partial charge is 0.391 e. The third-order valence-electron chi connectivity index (χ3n) is 1.77. The predicted octanol–water partition coefficient (Wildman–Crippen LogP) is 1.67. The van der Waals surface area contributed by atoms with Crippen LogP contribution in [0, 0.1) is 3.57 Å². The van der Waals surface area contributed by atoms with Gasteiger partial charge in [0.1, 0.15) is 0 Å². The van der Waals surface area contributed by atoms with Crippen molar-refractivity contribution in [3.63, 3.8) is 0 Å². The molecule has 0 saturated carbocycles. The molecule has 1 aromatic carbocycles. The fraction of sp³-hybridized carbons (Fsp3) is 0.333. The third kappa shape index (κ3) is 2.43. The standard InChI is InChI=1S/C9H12INO/c1-6(12)9(11)7-2-4-8(10)5-3-7/h2-6,9,12H,11H2,1H3. The van der Waals surface area contributed by atoms with Gasteiger partial charge in [0.15, 0.2) is 0 Å². The molecule has 3 heteroatoms. The molecule has 0 bridgehead atoms. The maximum Gasteiger partial charge on any atom is 0.0704 e. The van der Waals surface area contributed by atoms with Crippen LogP contribution >= 0.6 is 22.6 Å². The lowest BCUT2D eigenvalue weighted by Gasteiger charge is -2.14. The van der Waals surface area contributed by atoms with Crippen molar-refractivity contribution in [3.05, 3.63) is 33.4 Å². The highest BCUT2D eigenvalue weighted by molar-refractivity contribution is 14.1. The van der Waals surface area contributed by atoms with Crippen LogP contribution in [-0.2, 0) is 0 Å². The van der Waals surface area contributed by atoms with E-state index in [-0.39, 0.29) is 6.04 Å². The van der Waals surface area contributed by atoms with Gasteiger partial charge >= 0.3 is 0 Å². The number of benzene rings is 1. The molecule has 0 heterocycles. The van der Waals surface area contributed by atoms with Crippen LogP contribution in [0.5, 0.6) is 0 Å². The minimum absolute atomic E-state index is 0.276. The van der Waals surface area contributed by atoms with Gasteiger partial charge in [0.2, 0.25) is 0 Å². The van der Waals surface area contributed by atoms with Gasteiger partial charge in [0, 0.05) is 3.57 Å². The van der Waals surface area contributed by atoms with Gasteiger partial charge in [-0.25, -0.2) is 0 Å². The lowest BCUT2D eigenvalue weighted by atomic mass is 10.0. The smallest absolute Gasteiger partial charge is 0.0704 e. The summed E-state index contributed by atoms with van der Waals surface area (Å²) in [5.74, 6) is 0. The molecule has 2 unspecified atom stereocenters. The van der Waals surface area contributed by atoms with Crippen LogP contribution in [0.2, 0.25) is 0 Å². The third-order valence-corrected chi connectivity index (χ3v) is 2.49. The number of rotatable bonds is 2. The fourth-order valence-electron chi connectivity index (χ4n) is 0.964. The maximum atomic E-state index is 9.22. The number of halogens is 1. The predicted molar refractivity (Wildman–Crippen MR) is 57.8 cm³/mol. The first-order valence-corrected chi connectivity index (χ1v) is 4.88. The first-order chi connectivity index (χ1) is 5.61. The molecule has 0 saturated heterocycles. The summed E-state index contributed by atoms with van der Waals surface area (Å²) in [5, 5.41) is 9.22. The summed E-state index contributed by atoms with van der Waals surface area (Å²) >= 11 is 2.23. The second-order valence-corrected chi connectivity index (χ2v) is 4.06. The Balaban J connectivity index is 2.82. The number of nitrogens with two attached hydrogens (primary N) is 1. The van der Waals surface area contributed by atoms with Crippen molar-refractivity contribution in [1.29, 1.82) is 0 Å². The molecule has 0 aliphatic rings. The summed E-state index contributed by atoms with van der Waals surface area (Å²) in [4.78, 5) is 0. The lowest BCUT2D eigenvalue weighted by Crippen LogP contribution is -2.22. The van der Waals surface area contributed by atoms with Gasteiger partial charge in [-0.15, -0.1) is 0 Å². The Hall–Kier alpha value is -0.130. The molecule has 0 aliphatic heterocycles. The van der Waals surface area contributed by atoms with Crippen LogP contribution < -0.4 is 5.73 Å². The van der Waals surface area contributed by atoms with Crippen molar-refractivity contribution in [2.75, 3.05) is 0 Å². The maximum absolute atomic E-state index is 9.22. The zero-order chi connectivity index (χ0) is 9.14. The second-order valence-electron chi connectivity index (χ2n) is 2.82. The molecule has 0 spiro atoms. The van der Waals surface area contributed by atoms with Crippen molar-refractivity contribution in [2.45, 2.75) is 19.1 Å². The molecule has 0 fully saturated rings. The lowest BCUT2D eigenvalue weighted by molar-refractivity contribution is 0.164. The highest BCUT2D eigenvalue weighted by Gasteiger charge is 2.10. The minimum atomic E-state index is -0.495.